The third-order valence-corrected chi connectivity index (χ3v) is 5.20. The van der Waals surface area contributed by atoms with Crippen molar-refractivity contribution in [1.82, 2.24) is 5.43 Å². The van der Waals surface area contributed by atoms with E-state index in [-0.39, 0.29) is 0 Å². The van der Waals surface area contributed by atoms with Crippen LogP contribution in [0.4, 0.5) is 5.69 Å². The molecule has 8 heteroatoms. The number of ether oxygens (including phenoxy) is 2. The molecule has 1 amide bonds. The smallest absolute Gasteiger partial charge is 0.273 e. The zero-order valence-electron chi connectivity index (χ0n) is 16.8. The van der Waals surface area contributed by atoms with Crippen molar-refractivity contribution in [3.05, 3.63) is 86.8 Å². The zero-order valence-corrected chi connectivity index (χ0v) is 19.1. The summed E-state index contributed by atoms with van der Waals surface area (Å²) in [7, 11) is 0. The molecule has 0 aliphatic heterocycles. The minimum absolute atomic E-state index is 0.292. The van der Waals surface area contributed by atoms with Crippen molar-refractivity contribution in [1.29, 1.82) is 0 Å². The molecule has 0 atom stereocenters. The summed E-state index contributed by atoms with van der Waals surface area (Å²) in [5.41, 5.74) is 10.6. The lowest BCUT2D eigenvalue weighted by Gasteiger charge is -2.15. The number of hydrogen-bond donors (Lipinski definition) is 2. The maximum absolute atomic E-state index is 12.2. The highest BCUT2D eigenvalue weighted by Crippen LogP contribution is 2.37. The molecular formula is C23H21BrClN3O3. The molecule has 0 aliphatic rings. The van der Waals surface area contributed by atoms with Crippen LogP contribution >= 0.6 is 27.5 Å². The molecular weight excluding hydrogens is 482 g/mol. The second-order valence-electron chi connectivity index (χ2n) is 6.43. The van der Waals surface area contributed by atoms with Gasteiger partial charge in [-0.15, -0.1) is 0 Å². The van der Waals surface area contributed by atoms with Crippen LogP contribution in [0.25, 0.3) is 0 Å². The lowest BCUT2D eigenvalue weighted by molar-refractivity contribution is 0.0956. The summed E-state index contributed by atoms with van der Waals surface area (Å²) in [6, 6.07) is 17.9. The van der Waals surface area contributed by atoms with E-state index < -0.39 is 5.91 Å². The fourth-order valence-corrected chi connectivity index (χ4v) is 3.52. The van der Waals surface area contributed by atoms with Crippen LogP contribution in [0.2, 0.25) is 5.02 Å². The monoisotopic (exact) mass is 501 g/mol. The molecule has 0 unspecified atom stereocenters. The Morgan fingerprint density at radius 3 is 2.65 bits per heavy atom. The van der Waals surface area contributed by atoms with Crippen molar-refractivity contribution in [2.45, 2.75) is 13.5 Å². The second-order valence-corrected chi connectivity index (χ2v) is 7.69. The first-order chi connectivity index (χ1) is 15.0. The Morgan fingerprint density at radius 1 is 1.16 bits per heavy atom. The fraction of sp³-hybridized carbons (Fsp3) is 0.130. The van der Waals surface area contributed by atoms with Crippen LogP contribution in [0.5, 0.6) is 11.5 Å². The van der Waals surface area contributed by atoms with E-state index in [0.29, 0.717) is 51.0 Å². The minimum atomic E-state index is -0.391. The van der Waals surface area contributed by atoms with Crippen LogP contribution in [0.1, 0.15) is 28.4 Å². The molecule has 0 fully saturated rings. The van der Waals surface area contributed by atoms with E-state index in [1.165, 1.54) is 6.21 Å². The Labute approximate surface area is 194 Å². The first kappa shape index (κ1) is 22.7. The largest absolute Gasteiger partial charge is 0.490 e. The number of halogens is 2. The standard InChI is InChI=1S/C23H21BrClN3O3/c1-2-30-21-12-15(13-27-28-23(29)17-8-4-6-10-20(17)26)11-18(24)22(21)31-14-16-7-3-5-9-19(16)25/h3-13H,2,14,26H2,1H3,(H,28,29)/b27-13-. The number of benzene rings is 3. The van der Waals surface area contributed by atoms with Crippen LogP contribution < -0.4 is 20.6 Å². The Balaban J connectivity index is 1.74. The first-order valence-electron chi connectivity index (χ1n) is 9.50. The molecule has 0 bridgehead atoms. The van der Waals surface area contributed by atoms with Gasteiger partial charge in [0, 0.05) is 16.3 Å². The summed E-state index contributed by atoms with van der Waals surface area (Å²) in [6.07, 6.45) is 1.52. The van der Waals surface area contributed by atoms with E-state index in [4.69, 9.17) is 26.8 Å². The Bertz CT molecular complexity index is 1110. The van der Waals surface area contributed by atoms with Gasteiger partial charge in [-0.2, -0.15) is 5.10 Å². The Kier molecular flexibility index (Phi) is 7.92. The van der Waals surface area contributed by atoms with Gasteiger partial charge in [0.1, 0.15) is 6.61 Å². The number of para-hydroxylation sites is 1. The highest BCUT2D eigenvalue weighted by Gasteiger charge is 2.13. The molecule has 3 aromatic rings. The second kappa shape index (κ2) is 10.8. The predicted molar refractivity (Wildman–Crippen MR) is 127 cm³/mol. The highest BCUT2D eigenvalue weighted by atomic mass is 79.9. The number of nitrogen functional groups attached to an aromatic ring is 1. The number of anilines is 1. The molecule has 0 saturated heterocycles. The van der Waals surface area contributed by atoms with Crippen LogP contribution in [0.15, 0.2) is 70.2 Å². The molecule has 6 nitrogen and oxygen atoms in total. The number of carbonyl (C=O) groups excluding carboxylic acids is 1. The van der Waals surface area contributed by atoms with Gasteiger partial charge in [0.2, 0.25) is 0 Å². The molecule has 31 heavy (non-hydrogen) atoms. The van der Waals surface area contributed by atoms with Gasteiger partial charge in [-0.3, -0.25) is 4.79 Å². The lowest BCUT2D eigenvalue weighted by atomic mass is 10.2. The number of rotatable bonds is 8. The maximum atomic E-state index is 12.2. The van der Waals surface area contributed by atoms with E-state index in [1.807, 2.05) is 37.3 Å². The minimum Gasteiger partial charge on any atom is -0.490 e. The van der Waals surface area contributed by atoms with Gasteiger partial charge in [-0.1, -0.05) is 41.9 Å². The van der Waals surface area contributed by atoms with E-state index >= 15 is 0 Å². The average molecular weight is 503 g/mol. The summed E-state index contributed by atoms with van der Waals surface area (Å²) >= 11 is 9.73. The third-order valence-electron chi connectivity index (χ3n) is 4.25. The zero-order chi connectivity index (χ0) is 22.2. The van der Waals surface area contributed by atoms with Gasteiger partial charge in [0.15, 0.2) is 11.5 Å². The number of nitrogens with zero attached hydrogens (tertiary/aromatic N) is 1. The summed E-state index contributed by atoms with van der Waals surface area (Å²) in [6.45, 7) is 2.64. The van der Waals surface area contributed by atoms with Crippen molar-refractivity contribution in [2.75, 3.05) is 12.3 Å². The lowest BCUT2D eigenvalue weighted by Crippen LogP contribution is -2.19. The predicted octanol–water partition coefficient (Wildman–Crippen LogP) is 5.43. The first-order valence-corrected chi connectivity index (χ1v) is 10.7. The van der Waals surface area contributed by atoms with Gasteiger partial charge >= 0.3 is 0 Å². The van der Waals surface area contributed by atoms with Crippen LogP contribution in [0.3, 0.4) is 0 Å². The Hall–Kier alpha value is -3.03. The molecule has 0 radical (unpaired) electrons. The Morgan fingerprint density at radius 2 is 1.90 bits per heavy atom. The van der Waals surface area contributed by atoms with Gasteiger partial charge < -0.3 is 15.2 Å². The highest BCUT2D eigenvalue weighted by molar-refractivity contribution is 9.10. The van der Waals surface area contributed by atoms with Gasteiger partial charge in [0.05, 0.1) is 22.9 Å². The van der Waals surface area contributed by atoms with Crippen LogP contribution in [-0.4, -0.2) is 18.7 Å². The number of nitrogens with two attached hydrogens (primary N) is 1. The van der Waals surface area contributed by atoms with E-state index in [1.54, 1.807) is 30.3 Å². The summed E-state index contributed by atoms with van der Waals surface area (Å²) in [5.74, 6) is 0.710. The molecule has 3 N–H and O–H groups in total. The molecule has 0 spiro atoms. The quantitative estimate of drug-likeness (QED) is 0.244. The maximum Gasteiger partial charge on any atom is 0.273 e. The van der Waals surface area contributed by atoms with Gasteiger partial charge in [0.25, 0.3) is 5.91 Å². The normalized spacial score (nSPS) is 10.8. The number of carbonyl (C=O) groups is 1. The number of hydrazone groups is 1. The number of hydrogen-bond acceptors (Lipinski definition) is 5. The molecule has 3 rings (SSSR count). The molecule has 0 heterocycles. The van der Waals surface area contributed by atoms with E-state index in [2.05, 4.69) is 26.5 Å². The molecule has 3 aromatic carbocycles. The average Bonchev–Trinajstić information content (AvgIpc) is 2.75. The SMILES string of the molecule is CCOc1cc(/C=N\NC(=O)c2ccccc2N)cc(Br)c1OCc1ccccc1Cl. The van der Waals surface area contributed by atoms with E-state index in [9.17, 15) is 4.79 Å². The van der Waals surface area contributed by atoms with Crippen molar-refractivity contribution in [2.24, 2.45) is 5.10 Å². The van der Waals surface area contributed by atoms with Crippen LogP contribution in [-0.2, 0) is 6.61 Å². The molecule has 0 aliphatic carbocycles. The van der Waals surface area contributed by atoms with Crippen molar-refractivity contribution in [3.63, 3.8) is 0 Å². The molecule has 0 saturated carbocycles. The topological polar surface area (TPSA) is 85.9 Å². The van der Waals surface area contributed by atoms with Crippen molar-refractivity contribution in [3.8, 4) is 11.5 Å². The van der Waals surface area contributed by atoms with Gasteiger partial charge in [-0.25, -0.2) is 5.43 Å². The summed E-state index contributed by atoms with van der Waals surface area (Å²) < 4.78 is 12.4. The summed E-state index contributed by atoms with van der Waals surface area (Å²) in [4.78, 5) is 12.2. The summed E-state index contributed by atoms with van der Waals surface area (Å²) in [5, 5.41) is 4.66. The number of nitrogens with one attached hydrogen (secondary N) is 1. The number of amides is 1. The van der Waals surface area contributed by atoms with Crippen molar-refractivity contribution < 1.29 is 14.3 Å². The van der Waals surface area contributed by atoms with E-state index in [0.717, 1.165) is 5.56 Å². The third kappa shape index (κ3) is 5.99. The van der Waals surface area contributed by atoms with Crippen molar-refractivity contribution >= 4 is 45.3 Å². The van der Waals surface area contributed by atoms with Crippen LogP contribution in [0, 0.1) is 0 Å². The molecule has 0 aromatic heterocycles. The fourth-order valence-electron chi connectivity index (χ4n) is 2.76. The van der Waals surface area contributed by atoms with Gasteiger partial charge in [-0.05, 0) is 58.7 Å². The molecule has 160 valence electrons.